The van der Waals surface area contributed by atoms with Crippen LogP contribution in [0.25, 0.3) is 0 Å². The SMILES string of the molecule is [B]/C(C)=C(/C=C\C=C)CSC=O. The van der Waals surface area contributed by atoms with E-state index < -0.39 is 0 Å². The lowest BCUT2D eigenvalue weighted by Crippen LogP contribution is -1.89. The first kappa shape index (κ1) is 11.3. The maximum atomic E-state index is 10.1. The second-order valence-corrected chi connectivity index (χ2v) is 3.02. The van der Waals surface area contributed by atoms with Crippen LogP contribution in [-0.2, 0) is 4.79 Å². The lowest BCUT2D eigenvalue weighted by atomic mass is 9.92. The largest absolute Gasteiger partial charge is 0.291 e. The summed E-state index contributed by atoms with van der Waals surface area (Å²) < 4.78 is 0. The van der Waals surface area contributed by atoms with E-state index in [0.29, 0.717) is 5.75 Å². The predicted octanol–water partition coefficient (Wildman–Crippen LogP) is 2.09. The molecule has 0 aromatic heterocycles. The minimum absolute atomic E-state index is 0.621. The number of hydrogen-bond acceptors (Lipinski definition) is 2. The lowest BCUT2D eigenvalue weighted by molar-refractivity contribution is 0.570. The van der Waals surface area contributed by atoms with Gasteiger partial charge in [-0.25, -0.2) is 0 Å². The smallest absolute Gasteiger partial charge is 0.176 e. The highest BCUT2D eigenvalue weighted by atomic mass is 32.2. The molecular weight excluding hydrogens is 167 g/mol. The van der Waals surface area contributed by atoms with Gasteiger partial charge in [-0.15, -0.1) is 5.47 Å². The van der Waals surface area contributed by atoms with Gasteiger partial charge in [-0.2, -0.15) is 0 Å². The number of rotatable bonds is 5. The summed E-state index contributed by atoms with van der Waals surface area (Å²) >= 11 is 1.19. The molecule has 3 heteroatoms. The van der Waals surface area contributed by atoms with E-state index in [-0.39, 0.29) is 0 Å². The van der Waals surface area contributed by atoms with E-state index in [1.54, 1.807) is 12.2 Å². The van der Waals surface area contributed by atoms with Crippen LogP contribution in [0.5, 0.6) is 0 Å². The van der Waals surface area contributed by atoms with E-state index in [1.165, 1.54) is 11.8 Å². The number of hydrogen-bond donors (Lipinski definition) is 0. The highest BCUT2D eigenvalue weighted by Crippen LogP contribution is 2.09. The van der Waals surface area contributed by atoms with Crippen molar-refractivity contribution in [2.24, 2.45) is 0 Å². The number of thioether (sulfide) groups is 1. The molecule has 0 saturated carbocycles. The molecule has 0 saturated heterocycles. The molecule has 0 amide bonds. The highest BCUT2D eigenvalue weighted by Gasteiger charge is 1.93. The second kappa shape index (κ2) is 6.98. The summed E-state index contributed by atoms with van der Waals surface area (Å²) in [6.07, 6.45) is 5.34. The zero-order chi connectivity index (χ0) is 9.40. The molecule has 0 spiro atoms. The van der Waals surface area contributed by atoms with E-state index in [0.717, 1.165) is 16.7 Å². The Kier molecular flexibility index (Phi) is 6.58. The van der Waals surface area contributed by atoms with E-state index >= 15 is 0 Å². The van der Waals surface area contributed by atoms with Crippen molar-refractivity contribution in [3.8, 4) is 0 Å². The monoisotopic (exact) mass is 178 g/mol. The maximum Gasteiger partial charge on any atom is 0.176 e. The fraction of sp³-hybridized carbons (Fsp3) is 0.222. The van der Waals surface area contributed by atoms with Crippen molar-refractivity contribution < 1.29 is 4.79 Å². The zero-order valence-corrected chi connectivity index (χ0v) is 7.93. The summed E-state index contributed by atoms with van der Waals surface area (Å²) in [5, 5.41) is 0. The van der Waals surface area contributed by atoms with Gasteiger partial charge in [-0.3, -0.25) is 4.79 Å². The molecule has 0 unspecified atom stereocenters. The Balaban J connectivity index is 4.25. The standard InChI is InChI=1S/C9H11BOS/c1-3-4-5-9(8(2)10)6-12-7-11/h3-5,7H,1,6H2,2H3/b5-4-,9-8-. The lowest BCUT2D eigenvalue weighted by Gasteiger charge is -2.00. The summed E-state index contributed by atoms with van der Waals surface area (Å²) in [6, 6.07) is 0. The quantitative estimate of drug-likeness (QED) is 0.364. The minimum Gasteiger partial charge on any atom is -0.291 e. The van der Waals surface area contributed by atoms with Crippen LogP contribution in [0.3, 0.4) is 0 Å². The molecule has 0 rings (SSSR count). The predicted molar refractivity (Wildman–Crippen MR) is 57.0 cm³/mol. The van der Waals surface area contributed by atoms with Crippen LogP contribution < -0.4 is 0 Å². The molecule has 0 N–H and O–H groups in total. The second-order valence-electron chi connectivity index (χ2n) is 2.21. The molecule has 0 atom stereocenters. The van der Waals surface area contributed by atoms with Gasteiger partial charge in [-0.05, 0) is 5.57 Å². The normalized spacial score (nSPS) is 12.8. The fourth-order valence-electron chi connectivity index (χ4n) is 0.601. The van der Waals surface area contributed by atoms with Crippen LogP contribution in [0.4, 0.5) is 0 Å². The van der Waals surface area contributed by atoms with E-state index in [9.17, 15) is 4.79 Å². The topological polar surface area (TPSA) is 17.1 Å². The minimum atomic E-state index is 0.621. The number of carbonyl (C=O) groups excluding carboxylic acids is 1. The van der Waals surface area contributed by atoms with Crippen LogP contribution in [0.1, 0.15) is 6.92 Å². The first-order valence-electron chi connectivity index (χ1n) is 3.52. The highest BCUT2D eigenvalue weighted by molar-refractivity contribution is 8.12. The Bertz CT molecular complexity index is 215. The Morgan fingerprint density at radius 1 is 1.67 bits per heavy atom. The van der Waals surface area contributed by atoms with Gasteiger partial charge < -0.3 is 0 Å². The van der Waals surface area contributed by atoms with Crippen LogP contribution in [0.15, 0.2) is 35.9 Å². The summed E-state index contributed by atoms with van der Waals surface area (Å²) in [4.78, 5) is 10.1. The molecule has 0 aromatic carbocycles. The zero-order valence-electron chi connectivity index (χ0n) is 7.12. The van der Waals surface area contributed by atoms with Gasteiger partial charge in [0.2, 0.25) is 0 Å². The molecule has 0 aromatic rings. The third-order valence-corrected chi connectivity index (χ3v) is 1.86. The van der Waals surface area contributed by atoms with Gasteiger partial charge in [0.15, 0.2) is 5.62 Å². The first-order valence-corrected chi connectivity index (χ1v) is 4.56. The van der Waals surface area contributed by atoms with Crippen molar-refractivity contribution in [3.63, 3.8) is 0 Å². The molecule has 1 nitrogen and oxygen atoms in total. The molecule has 0 heterocycles. The summed E-state index contributed by atoms with van der Waals surface area (Å²) in [7, 11) is 5.58. The molecule has 0 aliphatic heterocycles. The maximum absolute atomic E-state index is 10.1. The van der Waals surface area contributed by atoms with Gasteiger partial charge >= 0.3 is 0 Å². The van der Waals surface area contributed by atoms with E-state index in [2.05, 4.69) is 6.58 Å². The van der Waals surface area contributed by atoms with Crippen molar-refractivity contribution in [3.05, 3.63) is 35.9 Å². The summed E-state index contributed by atoms with van der Waals surface area (Å²) in [6.45, 7) is 5.36. The van der Waals surface area contributed by atoms with Crippen molar-refractivity contribution >= 4 is 25.2 Å². The molecular formula is C9H11BOS. The summed E-state index contributed by atoms with van der Waals surface area (Å²) in [5.41, 5.74) is 2.51. The van der Waals surface area contributed by atoms with Gasteiger partial charge in [0.05, 0.1) is 0 Å². The Labute approximate surface area is 79.0 Å². The van der Waals surface area contributed by atoms with Crippen molar-refractivity contribution in [1.82, 2.24) is 0 Å². The average molecular weight is 178 g/mol. The number of carbonyl (C=O) groups is 1. The van der Waals surface area contributed by atoms with E-state index in [4.69, 9.17) is 7.85 Å². The van der Waals surface area contributed by atoms with Gasteiger partial charge in [-0.1, -0.05) is 43.5 Å². The molecule has 0 bridgehead atoms. The Morgan fingerprint density at radius 2 is 2.33 bits per heavy atom. The van der Waals surface area contributed by atoms with Gasteiger partial charge in [0, 0.05) is 5.75 Å². The number of allylic oxidation sites excluding steroid dienone is 4. The molecule has 0 aliphatic carbocycles. The third-order valence-electron chi connectivity index (χ3n) is 1.25. The first-order chi connectivity index (χ1) is 5.72. The third kappa shape index (κ3) is 5.02. The van der Waals surface area contributed by atoms with Crippen molar-refractivity contribution in [2.75, 3.05) is 5.75 Å². The van der Waals surface area contributed by atoms with Crippen LogP contribution in [0.2, 0.25) is 0 Å². The molecule has 2 radical (unpaired) electrons. The van der Waals surface area contributed by atoms with Crippen LogP contribution in [-0.4, -0.2) is 19.2 Å². The van der Waals surface area contributed by atoms with Gasteiger partial charge in [0.1, 0.15) is 7.85 Å². The van der Waals surface area contributed by atoms with Crippen LogP contribution >= 0.6 is 11.8 Å². The van der Waals surface area contributed by atoms with E-state index in [1.807, 2.05) is 13.0 Å². The molecule has 0 aliphatic rings. The summed E-state index contributed by atoms with van der Waals surface area (Å²) in [5.74, 6) is 0.621. The average Bonchev–Trinajstić information content (AvgIpc) is 2.04. The van der Waals surface area contributed by atoms with Crippen molar-refractivity contribution in [1.29, 1.82) is 0 Å². The van der Waals surface area contributed by atoms with Crippen LogP contribution in [0, 0.1) is 0 Å². The Morgan fingerprint density at radius 3 is 2.75 bits per heavy atom. The molecule has 0 fully saturated rings. The van der Waals surface area contributed by atoms with Crippen molar-refractivity contribution in [2.45, 2.75) is 6.92 Å². The molecule has 12 heavy (non-hydrogen) atoms. The van der Waals surface area contributed by atoms with Gasteiger partial charge in [0.25, 0.3) is 0 Å². The fourth-order valence-corrected chi connectivity index (χ4v) is 1.17. The molecule has 62 valence electrons. The Hall–Kier alpha value is -0.695.